The molecule has 0 spiro atoms. The summed E-state index contributed by atoms with van der Waals surface area (Å²) >= 11 is 0. The Kier molecular flexibility index (Phi) is 4.50. The molecule has 0 radical (unpaired) electrons. The predicted molar refractivity (Wildman–Crippen MR) is 75.8 cm³/mol. The Labute approximate surface area is 117 Å². The largest absolute Gasteiger partial charge is 0.456 e. The van der Waals surface area contributed by atoms with Crippen molar-refractivity contribution in [1.82, 2.24) is 4.98 Å². The molecule has 20 heavy (non-hydrogen) atoms. The van der Waals surface area contributed by atoms with Crippen molar-refractivity contribution in [1.29, 1.82) is 0 Å². The second kappa shape index (κ2) is 6.52. The fourth-order valence-corrected chi connectivity index (χ4v) is 1.53. The molecule has 0 aliphatic carbocycles. The SMILES string of the molecule is CC(C)=CC(=O)Oc1cccc(Oc2cccnc2)c1. The number of nitrogens with zero attached hydrogens (tertiary/aromatic N) is 1. The average molecular weight is 269 g/mol. The molecule has 0 fully saturated rings. The maximum atomic E-state index is 11.5. The summed E-state index contributed by atoms with van der Waals surface area (Å²) in [4.78, 5) is 15.5. The number of esters is 1. The van der Waals surface area contributed by atoms with E-state index in [9.17, 15) is 4.79 Å². The number of hydrogen-bond donors (Lipinski definition) is 0. The average Bonchev–Trinajstić information content (AvgIpc) is 2.39. The van der Waals surface area contributed by atoms with Crippen molar-refractivity contribution >= 4 is 5.97 Å². The van der Waals surface area contributed by atoms with Crippen molar-refractivity contribution in [2.24, 2.45) is 0 Å². The van der Waals surface area contributed by atoms with Crippen molar-refractivity contribution in [3.05, 3.63) is 60.4 Å². The molecule has 1 heterocycles. The lowest BCUT2D eigenvalue weighted by molar-refractivity contribution is -0.129. The van der Waals surface area contributed by atoms with Gasteiger partial charge in [-0.3, -0.25) is 4.98 Å². The monoisotopic (exact) mass is 269 g/mol. The van der Waals surface area contributed by atoms with Crippen molar-refractivity contribution in [3.63, 3.8) is 0 Å². The zero-order chi connectivity index (χ0) is 14.4. The minimum Gasteiger partial charge on any atom is -0.456 e. The van der Waals surface area contributed by atoms with E-state index in [-0.39, 0.29) is 0 Å². The van der Waals surface area contributed by atoms with Crippen LogP contribution < -0.4 is 9.47 Å². The Morgan fingerprint density at radius 3 is 2.55 bits per heavy atom. The van der Waals surface area contributed by atoms with Gasteiger partial charge >= 0.3 is 5.97 Å². The Hall–Kier alpha value is -2.62. The van der Waals surface area contributed by atoms with Crippen LogP contribution in [0.25, 0.3) is 0 Å². The number of ether oxygens (including phenoxy) is 2. The van der Waals surface area contributed by atoms with E-state index in [2.05, 4.69) is 4.98 Å². The molecular formula is C16H15NO3. The van der Waals surface area contributed by atoms with E-state index < -0.39 is 5.97 Å². The van der Waals surface area contributed by atoms with E-state index in [0.29, 0.717) is 17.2 Å². The van der Waals surface area contributed by atoms with Crippen LogP contribution >= 0.6 is 0 Å². The fourth-order valence-electron chi connectivity index (χ4n) is 1.53. The van der Waals surface area contributed by atoms with Crippen LogP contribution in [0.3, 0.4) is 0 Å². The molecule has 1 aromatic heterocycles. The fraction of sp³-hybridized carbons (Fsp3) is 0.125. The third-order valence-electron chi connectivity index (χ3n) is 2.30. The van der Waals surface area contributed by atoms with Gasteiger partial charge in [-0.15, -0.1) is 0 Å². The van der Waals surface area contributed by atoms with Gasteiger partial charge in [0.25, 0.3) is 0 Å². The quantitative estimate of drug-likeness (QED) is 0.482. The lowest BCUT2D eigenvalue weighted by atomic mass is 10.3. The number of allylic oxidation sites excluding steroid dienone is 1. The van der Waals surface area contributed by atoms with Crippen molar-refractivity contribution in [2.45, 2.75) is 13.8 Å². The number of hydrogen-bond acceptors (Lipinski definition) is 4. The van der Waals surface area contributed by atoms with Gasteiger partial charge in [-0.1, -0.05) is 11.6 Å². The first kappa shape index (κ1) is 13.8. The summed E-state index contributed by atoms with van der Waals surface area (Å²) in [7, 11) is 0. The van der Waals surface area contributed by atoms with Crippen LogP contribution in [0.5, 0.6) is 17.2 Å². The Morgan fingerprint density at radius 1 is 1.10 bits per heavy atom. The standard InChI is InChI=1S/C16H15NO3/c1-12(2)9-16(18)20-14-6-3-5-13(10-14)19-15-7-4-8-17-11-15/h3-11H,1-2H3. The first-order chi connectivity index (χ1) is 9.63. The van der Waals surface area contributed by atoms with Crippen LogP contribution in [-0.2, 0) is 4.79 Å². The van der Waals surface area contributed by atoms with Gasteiger partial charge in [-0.05, 0) is 38.1 Å². The van der Waals surface area contributed by atoms with Crippen molar-refractivity contribution in [2.75, 3.05) is 0 Å². The van der Waals surface area contributed by atoms with E-state index in [1.54, 1.807) is 48.8 Å². The minimum atomic E-state index is -0.400. The van der Waals surface area contributed by atoms with Gasteiger partial charge in [0, 0.05) is 18.3 Å². The zero-order valence-electron chi connectivity index (χ0n) is 11.4. The molecule has 0 aliphatic heterocycles. The Balaban J connectivity index is 2.08. The van der Waals surface area contributed by atoms with Crippen LogP contribution in [-0.4, -0.2) is 11.0 Å². The first-order valence-electron chi connectivity index (χ1n) is 6.18. The van der Waals surface area contributed by atoms with E-state index in [1.165, 1.54) is 6.08 Å². The highest BCUT2D eigenvalue weighted by Crippen LogP contribution is 2.24. The maximum Gasteiger partial charge on any atom is 0.336 e. The highest BCUT2D eigenvalue weighted by atomic mass is 16.5. The van der Waals surface area contributed by atoms with Gasteiger partial charge in [-0.25, -0.2) is 4.79 Å². The molecule has 0 unspecified atom stereocenters. The van der Waals surface area contributed by atoms with Crippen molar-refractivity contribution in [3.8, 4) is 17.2 Å². The number of pyridine rings is 1. The second-order valence-electron chi connectivity index (χ2n) is 4.41. The summed E-state index contributed by atoms with van der Waals surface area (Å²) < 4.78 is 10.8. The van der Waals surface area contributed by atoms with Crippen LogP contribution in [0.1, 0.15) is 13.8 Å². The summed E-state index contributed by atoms with van der Waals surface area (Å²) in [5.74, 6) is 1.25. The molecule has 4 heteroatoms. The topological polar surface area (TPSA) is 48.4 Å². The summed E-state index contributed by atoms with van der Waals surface area (Å²) in [5.41, 5.74) is 0.887. The lowest BCUT2D eigenvalue weighted by Crippen LogP contribution is -2.04. The van der Waals surface area contributed by atoms with E-state index >= 15 is 0 Å². The smallest absolute Gasteiger partial charge is 0.336 e. The van der Waals surface area contributed by atoms with Crippen molar-refractivity contribution < 1.29 is 14.3 Å². The van der Waals surface area contributed by atoms with Crippen LogP contribution in [0.15, 0.2) is 60.4 Å². The predicted octanol–water partition coefficient (Wildman–Crippen LogP) is 3.75. The molecule has 2 aromatic rings. The lowest BCUT2D eigenvalue weighted by Gasteiger charge is -2.07. The second-order valence-corrected chi connectivity index (χ2v) is 4.41. The molecule has 0 aliphatic rings. The molecule has 0 atom stereocenters. The normalized spacial score (nSPS) is 9.70. The van der Waals surface area contributed by atoms with Crippen LogP contribution in [0.2, 0.25) is 0 Å². The van der Waals surface area contributed by atoms with Gasteiger partial charge in [0.1, 0.15) is 17.2 Å². The molecule has 4 nitrogen and oxygen atoms in total. The first-order valence-corrected chi connectivity index (χ1v) is 6.18. The number of carbonyl (C=O) groups is 1. The third kappa shape index (κ3) is 4.24. The minimum absolute atomic E-state index is 0.400. The summed E-state index contributed by atoms with van der Waals surface area (Å²) in [6.07, 6.45) is 4.72. The maximum absolute atomic E-state index is 11.5. The molecule has 0 N–H and O–H groups in total. The molecule has 0 amide bonds. The number of aromatic nitrogens is 1. The number of rotatable bonds is 4. The molecule has 102 valence electrons. The van der Waals surface area contributed by atoms with Gasteiger partial charge < -0.3 is 9.47 Å². The Bertz CT molecular complexity index is 617. The number of carbonyl (C=O) groups excluding carboxylic acids is 1. The van der Waals surface area contributed by atoms with Gasteiger partial charge in [0.2, 0.25) is 0 Å². The third-order valence-corrected chi connectivity index (χ3v) is 2.30. The van der Waals surface area contributed by atoms with Gasteiger partial charge in [0.05, 0.1) is 6.20 Å². The van der Waals surface area contributed by atoms with Gasteiger partial charge in [-0.2, -0.15) is 0 Å². The highest BCUT2D eigenvalue weighted by Gasteiger charge is 2.03. The van der Waals surface area contributed by atoms with Gasteiger partial charge in [0.15, 0.2) is 0 Å². The Morgan fingerprint density at radius 2 is 1.85 bits per heavy atom. The summed E-state index contributed by atoms with van der Waals surface area (Å²) in [6, 6.07) is 10.5. The molecule has 2 rings (SSSR count). The van der Waals surface area contributed by atoms with E-state index in [1.807, 2.05) is 13.8 Å². The summed E-state index contributed by atoms with van der Waals surface area (Å²) in [5, 5.41) is 0. The van der Waals surface area contributed by atoms with E-state index in [4.69, 9.17) is 9.47 Å². The molecule has 0 saturated heterocycles. The van der Waals surface area contributed by atoms with Crippen LogP contribution in [0, 0.1) is 0 Å². The van der Waals surface area contributed by atoms with E-state index in [0.717, 1.165) is 5.57 Å². The number of benzene rings is 1. The molecule has 0 saturated carbocycles. The van der Waals surface area contributed by atoms with Crippen LogP contribution in [0.4, 0.5) is 0 Å². The zero-order valence-corrected chi connectivity index (χ0v) is 11.4. The molecule has 0 bridgehead atoms. The highest BCUT2D eigenvalue weighted by molar-refractivity contribution is 5.84. The molecular weight excluding hydrogens is 254 g/mol. The summed E-state index contributed by atoms with van der Waals surface area (Å²) in [6.45, 7) is 3.67. The molecule has 1 aromatic carbocycles.